The Morgan fingerprint density at radius 3 is 2.12 bits per heavy atom. The zero-order valence-corrected chi connectivity index (χ0v) is 29.0. The number of unbranched alkanes of at least 4 members (excludes halogenated alkanes) is 6. The zero-order valence-electron chi connectivity index (χ0n) is 25.8. The van der Waals surface area contributed by atoms with E-state index in [1.807, 2.05) is 0 Å². The number of alkyl halides is 1. The van der Waals surface area contributed by atoms with Crippen LogP contribution in [0.3, 0.4) is 0 Å². The summed E-state index contributed by atoms with van der Waals surface area (Å²) in [5.74, 6) is 0. The van der Waals surface area contributed by atoms with Crippen LogP contribution in [0.4, 0.5) is 0 Å². The van der Waals surface area contributed by atoms with Gasteiger partial charge in [-0.25, -0.2) is 0 Å². The summed E-state index contributed by atoms with van der Waals surface area (Å²) in [6.07, 6.45) is 17.2. The molecule has 0 spiro atoms. The monoisotopic (exact) mass is 674 g/mol. The highest BCUT2D eigenvalue weighted by molar-refractivity contribution is 9.10. The highest BCUT2D eigenvalue weighted by atomic mass is 79.9. The summed E-state index contributed by atoms with van der Waals surface area (Å²) >= 11 is 7.61. The standard InChI is InChI=1S/C39H48Br2/c1-6-8-10-12-15-31-17-14-18-33(25-31)39(34-24-28(3)23-32(26-34)16-13-11-9-7-2)30(5)36(21-19-29(4)40)37-22-20-35(41)27-38(37)39/h14,17-27,29H,6-13,15-16H2,1-5H3/b21-19-. The van der Waals surface area contributed by atoms with Gasteiger partial charge >= 0.3 is 0 Å². The van der Waals surface area contributed by atoms with Crippen LogP contribution in [0, 0.1) is 6.92 Å². The minimum Gasteiger partial charge on any atom is -0.0848 e. The Morgan fingerprint density at radius 1 is 0.756 bits per heavy atom. The molecule has 1 aliphatic rings. The molecule has 2 atom stereocenters. The van der Waals surface area contributed by atoms with Crippen molar-refractivity contribution < 1.29 is 0 Å². The molecule has 0 N–H and O–H groups in total. The van der Waals surface area contributed by atoms with Crippen molar-refractivity contribution in [3.8, 4) is 0 Å². The van der Waals surface area contributed by atoms with Gasteiger partial charge in [0.05, 0.1) is 5.41 Å². The highest BCUT2D eigenvalue weighted by Gasteiger charge is 2.45. The summed E-state index contributed by atoms with van der Waals surface area (Å²) in [4.78, 5) is 0.317. The number of hydrogen-bond donors (Lipinski definition) is 0. The fourth-order valence-corrected chi connectivity index (χ4v) is 7.23. The second-order valence-corrected chi connectivity index (χ2v) is 14.4. The van der Waals surface area contributed by atoms with Crippen molar-refractivity contribution >= 4 is 37.4 Å². The molecule has 0 aromatic heterocycles. The number of hydrogen-bond acceptors (Lipinski definition) is 0. The van der Waals surface area contributed by atoms with E-state index in [-0.39, 0.29) is 5.41 Å². The second-order valence-electron chi connectivity index (χ2n) is 12.0. The molecule has 0 saturated heterocycles. The maximum Gasteiger partial charge on any atom is 0.0674 e. The minimum absolute atomic E-state index is 0.317. The Labute approximate surface area is 267 Å². The van der Waals surface area contributed by atoms with Crippen LogP contribution in [0.15, 0.2) is 82.9 Å². The quantitative estimate of drug-likeness (QED) is 0.118. The maximum absolute atomic E-state index is 3.86. The fourth-order valence-electron chi connectivity index (χ4n) is 6.72. The molecule has 218 valence electrons. The lowest BCUT2D eigenvalue weighted by molar-refractivity contribution is 0.663. The van der Waals surface area contributed by atoms with Gasteiger partial charge in [-0.1, -0.05) is 150 Å². The van der Waals surface area contributed by atoms with Crippen molar-refractivity contribution in [2.75, 3.05) is 0 Å². The summed E-state index contributed by atoms with van der Waals surface area (Å²) in [5, 5.41) is 0. The lowest BCUT2D eigenvalue weighted by Gasteiger charge is -2.35. The summed E-state index contributed by atoms with van der Waals surface area (Å²) in [5.41, 5.74) is 12.2. The SMILES string of the molecule is CCCCCCc1cccc(C2(c3cc(C)cc(CCCCCC)c3)C(C)=C(/C=C\C(C)Br)c3ccc(Br)cc32)c1. The number of halogens is 2. The van der Waals surface area contributed by atoms with Crippen LogP contribution in [0.2, 0.25) is 0 Å². The van der Waals surface area contributed by atoms with Crippen molar-refractivity contribution in [3.63, 3.8) is 0 Å². The Bertz CT molecular complexity index is 1380. The summed E-state index contributed by atoms with van der Waals surface area (Å²) < 4.78 is 1.13. The minimum atomic E-state index is -0.335. The highest BCUT2D eigenvalue weighted by Crippen LogP contribution is 2.55. The predicted octanol–water partition coefficient (Wildman–Crippen LogP) is 12.5. The molecule has 0 fully saturated rings. The van der Waals surface area contributed by atoms with Gasteiger partial charge in [-0.05, 0) is 103 Å². The van der Waals surface area contributed by atoms with Crippen molar-refractivity contribution in [1.82, 2.24) is 0 Å². The van der Waals surface area contributed by atoms with E-state index in [4.69, 9.17) is 0 Å². The maximum atomic E-state index is 3.86. The van der Waals surface area contributed by atoms with Crippen LogP contribution in [-0.2, 0) is 18.3 Å². The number of allylic oxidation sites excluding steroid dienone is 4. The van der Waals surface area contributed by atoms with Crippen LogP contribution in [0.5, 0.6) is 0 Å². The van der Waals surface area contributed by atoms with E-state index in [2.05, 4.69) is 139 Å². The molecule has 4 rings (SSSR count). The van der Waals surface area contributed by atoms with E-state index in [1.54, 1.807) is 0 Å². The van der Waals surface area contributed by atoms with Crippen molar-refractivity contribution in [2.24, 2.45) is 0 Å². The summed E-state index contributed by atoms with van der Waals surface area (Å²) in [7, 11) is 0. The summed E-state index contributed by atoms with van der Waals surface area (Å²) in [6.45, 7) is 11.4. The van der Waals surface area contributed by atoms with Gasteiger partial charge in [0.2, 0.25) is 0 Å². The molecule has 0 radical (unpaired) electrons. The molecule has 3 aromatic carbocycles. The third-order valence-corrected chi connectivity index (χ3v) is 9.54. The Morgan fingerprint density at radius 2 is 1.44 bits per heavy atom. The zero-order chi connectivity index (χ0) is 29.4. The second kappa shape index (κ2) is 15.0. The van der Waals surface area contributed by atoms with E-state index in [1.165, 1.54) is 101 Å². The largest absolute Gasteiger partial charge is 0.0848 e. The first-order valence-corrected chi connectivity index (χ1v) is 17.6. The fraction of sp³-hybridized carbons (Fsp3) is 0.436. The Balaban J connectivity index is 1.95. The molecule has 0 bridgehead atoms. The van der Waals surface area contributed by atoms with Crippen LogP contribution >= 0.6 is 31.9 Å². The van der Waals surface area contributed by atoms with Gasteiger partial charge in [0.15, 0.2) is 0 Å². The average Bonchev–Trinajstić information content (AvgIpc) is 3.19. The lowest BCUT2D eigenvalue weighted by Crippen LogP contribution is -2.29. The van der Waals surface area contributed by atoms with Gasteiger partial charge in [-0.2, -0.15) is 0 Å². The van der Waals surface area contributed by atoms with Crippen LogP contribution in [-0.4, -0.2) is 4.83 Å². The number of rotatable bonds is 14. The van der Waals surface area contributed by atoms with Gasteiger partial charge in [-0.3, -0.25) is 0 Å². The summed E-state index contributed by atoms with van der Waals surface area (Å²) in [6, 6.07) is 23.8. The molecule has 2 unspecified atom stereocenters. The van der Waals surface area contributed by atoms with E-state index in [9.17, 15) is 0 Å². The van der Waals surface area contributed by atoms with Crippen LogP contribution in [0.25, 0.3) is 5.57 Å². The third-order valence-electron chi connectivity index (χ3n) is 8.74. The van der Waals surface area contributed by atoms with Crippen LogP contribution in [0.1, 0.15) is 118 Å². The third kappa shape index (κ3) is 7.37. The molecule has 2 heteroatoms. The van der Waals surface area contributed by atoms with E-state index in [0.29, 0.717) is 4.83 Å². The molecule has 0 amide bonds. The first kappa shape index (κ1) is 32.0. The first-order valence-electron chi connectivity index (χ1n) is 15.9. The molecule has 0 nitrogen and oxygen atoms in total. The van der Waals surface area contributed by atoms with Crippen molar-refractivity contribution in [3.05, 3.63) is 122 Å². The Hall–Kier alpha value is -1.90. The topological polar surface area (TPSA) is 0 Å². The van der Waals surface area contributed by atoms with E-state index in [0.717, 1.165) is 17.3 Å². The van der Waals surface area contributed by atoms with Gasteiger partial charge in [0.1, 0.15) is 0 Å². The van der Waals surface area contributed by atoms with Crippen molar-refractivity contribution in [1.29, 1.82) is 0 Å². The molecule has 0 heterocycles. The number of fused-ring (bicyclic) bond motifs is 1. The molecular formula is C39H48Br2. The molecule has 0 aliphatic heterocycles. The van der Waals surface area contributed by atoms with E-state index < -0.39 is 0 Å². The van der Waals surface area contributed by atoms with E-state index >= 15 is 0 Å². The first-order chi connectivity index (χ1) is 19.8. The number of aryl methyl sites for hydroxylation is 3. The molecular weight excluding hydrogens is 628 g/mol. The van der Waals surface area contributed by atoms with Crippen molar-refractivity contribution in [2.45, 2.75) is 109 Å². The van der Waals surface area contributed by atoms with Gasteiger partial charge < -0.3 is 0 Å². The molecule has 41 heavy (non-hydrogen) atoms. The molecule has 1 aliphatic carbocycles. The Kier molecular flexibility index (Phi) is 11.7. The average molecular weight is 677 g/mol. The smallest absolute Gasteiger partial charge is 0.0674 e. The molecule has 0 saturated carbocycles. The molecule has 3 aromatic rings. The lowest BCUT2D eigenvalue weighted by atomic mass is 9.66. The van der Waals surface area contributed by atoms with Gasteiger partial charge in [-0.15, -0.1) is 0 Å². The predicted molar refractivity (Wildman–Crippen MR) is 187 cm³/mol. The van der Waals surface area contributed by atoms with Gasteiger partial charge in [0, 0.05) is 9.30 Å². The van der Waals surface area contributed by atoms with Gasteiger partial charge in [0.25, 0.3) is 0 Å². The van der Waals surface area contributed by atoms with Crippen LogP contribution < -0.4 is 0 Å². The normalized spacial score (nSPS) is 17.4. The number of benzene rings is 3.